The van der Waals surface area contributed by atoms with Gasteiger partial charge in [-0.1, -0.05) is 6.07 Å². The maximum absolute atomic E-state index is 13.7. The molecule has 1 atom stereocenters. The van der Waals surface area contributed by atoms with Gasteiger partial charge in [-0.15, -0.1) is 0 Å². The summed E-state index contributed by atoms with van der Waals surface area (Å²) in [5, 5.41) is 0. The SMILES string of the molecule is CCOC(=O)[C@@H]1CCCN(C(=O)c2c(C)c(C)c(C)n2Cc2ccc(F)c(F)c2)C1. The minimum atomic E-state index is -0.910. The Hall–Kier alpha value is -2.70. The molecule has 1 amide bonds. The number of esters is 1. The minimum absolute atomic E-state index is 0.153. The predicted molar refractivity (Wildman–Crippen MR) is 109 cm³/mol. The number of ether oxygens (including phenoxy) is 1. The zero-order chi connectivity index (χ0) is 22.0. The van der Waals surface area contributed by atoms with Crippen LogP contribution in [0, 0.1) is 38.3 Å². The number of halogens is 2. The van der Waals surface area contributed by atoms with Crippen molar-refractivity contribution < 1.29 is 23.1 Å². The number of nitrogens with zero attached hydrogens (tertiary/aromatic N) is 2. The van der Waals surface area contributed by atoms with Gasteiger partial charge in [-0.25, -0.2) is 8.78 Å². The monoisotopic (exact) mass is 418 g/mol. The van der Waals surface area contributed by atoms with E-state index in [1.54, 1.807) is 11.8 Å². The molecule has 2 heterocycles. The van der Waals surface area contributed by atoms with E-state index in [1.165, 1.54) is 6.07 Å². The lowest BCUT2D eigenvalue weighted by molar-refractivity contribution is -0.149. The van der Waals surface area contributed by atoms with Gasteiger partial charge in [0, 0.05) is 25.3 Å². The summed E-state index contributed by atoms with van der Waals surface area (Å²) in [4.78, 5) is 27.3. The van der Waals surface area contributed by atoms with E-state index in [9.17, 15) is 18.4 Å². The standard InChI is InChI=1S/C23H28F2N2O3/c1-5-30-23(29)18-7-6-10-26(13-18)22(28)21-15(3)14(2)16(4)27(21)12-17-8-9-19(24)20(25)11-17/h8-9,11,18H,5-7,10,12-13H2,1-4H3/t18-/m1/s1. The number of benzene rings is 1. The fourth-order valence-corrected chi connectivity index (χ4v) is 4.08. The Labute approximate surface area is 175 Å². The highest BCUT2D eigenvalue weighted by atomic mass is 19.2. The predicted octanol–water partition coefficient (Wildman–Crippen LogP) is 4.16. The van der Waals surface area contributed by atoms with Crippen LogP contribution >= 0.6 is 0 Å². The number of rotatable bonds is 5. The number of carbonyl (C=O) groups is 2. The van der Waals surface area contributed by atoms with Crippen LogP contribution in [0.15, 0.2) is 18.2 Å². The molecule has 0 unspecified atom stereocenters. The van der Waals surface area contributed by atoms with Crippen LogP contribution in [0.3, 0.4) is 0 Å². The molecule has 5 nitrogen and oxygen atoms in total. The highest BCUT2D eigenvalue weighted by Gasteiger charge is 2.32. The van der Waals surface area contributed by atoms with Crippen molar-refractivity contribution in [3.63, 3.8) is 0 Å². The Balaban J connectivity index is 1.91. The molecule has 2 aromatic rings. The van der Waals surface area contributed by atoms with Crippen LogP contribution in [0.2, 0.25) is 0 Å². The van der Waals surface area contributed by atoms with E-state index in [0.29, 0.717) is 37.4 Å². The average molecular weight is 418 g/mol. The molecule has 0 N–H and O–H groups in total. The maximum atomic E-state index is 13.7. The molecule has 1 aliphatic heterocycles. The fourth-order valence-electron chi connectivity index (χ4n) is 4.08. The molecule has 30 heavy (non-hydrogen) atoms. The molecule has 0 bridgehead atoms. The molecule has 162 valence electrons. The van der Waals surface area contributed by atoms with Crippen molar-refractivity contribution in [2.24, 2.45) is 5.92 Å². The molecule has 1 saturated heterocycles. The number of aromatic nitrogens is 1. The van der Waals surface area contributed by atoms with E-state index in [0.717, 1.165) is 35.4 Å². The number of piperidine rings is 1. The van der Waals surface area contributed by atoms with Crippen molar-refractivity contribution in [1.29, 1.82) is 0 Å². The third-order valence-electron chi connectivity index (χ3n) is 5.99. The number of likely N-dealkylation sites (tertiary alicyclic amines) is 1. The van der Waals surface area contributed by atoms with Gasteiger partial charge in [-0.3, -0.25) is 9.59 Å². The third kappa shape index (κ3) is 4.25. The van der Waals surface area contributed by atoms with Gasteiger partial charge in [-0.05, 0) is 69.4 Å². The van der Waals surface area contributed by atoms with Gasteiger partial charge in [-0.2, -0.15) is 0 Å². The second kappa shape index (κ2) is 8.98. The van der Waals surface area contributed by atoms with Crippen molar-refractivity contribution in [2.75, 3.05) is 19.7 Å². The molecule has 7 heteroatoms. The number of hydrogen-bond donors (Lipinski definition) is 0. The molecular weight excluding hydrogens is 390 g/mol. The summed E-state index contributed by atoms with van der Waals surface area (Å²) in [7, 11) is 0. The highest BCUT2D eigenvalue weighted by molar-refractivity contribution is 5.95. The lowest BCUT2D eigenvalue weighted by atomic mass is 9.97. The Kier molecular flexibility index (Phi) is 6.58. The summed E-state index contributed by atoms with van der Waals surface area (Å²) >= 11 is 0. The van der Waals surface area contributed by atoms with E-state index in [2.05, 4.69) is 0 Å². The zero-order valence-corrected chi connectivity index (χ0v) is 17.9. The summed E-state index contributed by atoms with van der Waals surface area (Å²) in [5.74, 6) is -2.55. The van der Waals surface area contributed by atoms with Crippen LogP contribution in [0.5, 0.6) is 0 Å². The zero-order valence-electron chi connectivity index (χ0n) is 17.9. The number of hydrogen-bond acceptors (Lipinski definition) is 3. The lowest BCUT2D eigenvalue weighted by Gasteiger charge is -2.32. The largest absolute Gasteiger partial charge is 0.466 e. The number of amides is 1. The summed E-state index contributed by atoms with van der Waals surface area (Å²) in [6, 6.07) is 3.78. The summed E-state index contributed by atoms with van der Waals surface area (Å²) < 4.78 is 34.0. The van der Waals surface area contributed by atoms with E-state index < -0.39 is 11.6 Å². The van der Waals surface area contributed by atoms with Crippen molar-refractivity contribution in [1.82, 2.24) is 9.47 Å². The smallest absolute Gasteiger partial charge is 0.310 e. The van der Waals surface area contributed by atoms with Crippen LogP contribution in [0.4, 0.5) is 8.78 Å². The van der Waals surface area contributed by atoms with E-state index in [-0.39, 0.29) is 24.3 Å². The first-order valence-electron chi connectivity index (χ1n) is 10.3. The number of carbonyl (C=O) groups excluding carboxylic acids is 2. The molecule has 0 radical (unpaired) electrons. The Morgan fingerprint density at radius 1 is 1.13 bits per heavy atom. The topological polar surface area (TPSA) is 51.5 Å². The summed E-state index contributed by atoms with van der Waals surface area (Å²) in [5.41, 5.74) is 3.85. The second-order valence-electron chi connectivity index (χ2n) is 7.86. The van der Waals surface area contributed by atoms with Crippen LogP contribution in [0.1, 0.15) is 52.6 Å². The van der Waals surface area contributed by atoms with Crippen molar-refractivity contribution in [2.45, 2.75) is 47.1 Å². The van der Waals surface area contributed by atoms with Crippen LogP contribution < -0.4 is 0 Å². The average Bonchev–Trinajstić information content (AvgIpc) is 2.94. The third-order valence-corrected chi connectivity index (χ3v) is 5.99. The van der Waals surface area contributed by atoms with Gasteiger partial charge in [0.15, 0.2) is 11.6 Å². The van der Waals surface area contributed by atoms with Crippen LogP contribution in [-0.4, -0.2) is 41.0 Å². The van der Waals surface area contributed by atoms with E-state index in [1.807, 2.05) is 25.3 Å². The summed E-state index contributed by atoms with van der Waals surface area (Å²) in [6.07, 6.45) is 1.44. The molecule has 0 spiro atoms. The molecule has 1 aliphatic rings. The van der Waals surface area contributed by atoms with E-state index >= 15 is 0 Å². The Bertz CT molecular complexity index is 968. The lowest BCUT2D eigenvalue weighted by Crippen LogP contribution is -2.43. The fraction of sp³-hybridized carbons (Fsp3) is 0.478. The molecule has 1 aromatic carbocycles. The van der Waals surface area contributed by atoms with Gasteiger partial charge in [0.25, 0.3) is 5.91 Å². The van der Waals surface area contributed by atoms with Gasteiger partial charge < -0.3 is 14.2 Å². The van der Waals surface area contributed by atoms with Gasteiger partial charge in [0.05, 0.1) is 12.5 Å². The molecule has 3 rings (SSSR count). The maximum Gasteiger partial charge on any atom is 0.310 e. The first kappa shape index (κ1) is 22.0. The highest BCUT2D eigenvalue weighted by Crippen LogP contribution is 2.27. The van der Waals surface area contributed by atoms with E-state index in [4.69, 9.17) is 4.74 Å². The van der Waals surface area contributed by atoms with Gasteiger partial charge >= 0.3 is 5.97 Å². The Morgan fingerprint density at radius 3 is 2.53 bits per heavy atom. The van der Waals surface area contributed by atoms with Crippen LogP contribution in [0.25, 0.3) is 0 Å². The normalized spacial score (nSPS) is 16.6. The molecule has 0 saturated carbocycles. The van der Waals surface area contributed by atoms with Gasteiger partial charge in [0.1, 0.15) is 5.69 Å². The molecule has 1 aromatic heterocycles. The van der Waals surface area contributed by atoms with Crippen molar-refractivity contribution in [3.8, 4) is 0 Å². The molecular formula is C23H28F2N2O3. The Morgan fingerprint density at radius 2 is 1.87 bits per heavy atom. The second-order valence-corrected chi connectivity index (χ2v) is 7.86. The first-order valence-corrected chi connectivity index (χ1v) is 10.3. The van der Waals surface area contributed by atoms with Crippen molar-refractivity contribution >= 4 is 11.9 Å². The quantitative estimate of drug-likeness (QED) is 0.686. The van der Waals surface area contributed by atoms with Gasteiger partial charge in [0.2, 0.25) is 0 Å². The summed E-state index contributed by atoms with van der Waals surface area (Å²) in [6.45, 7) is 8.99. The minimum Gasteiger partial charge on any atom is -0.466 e. The molecule has 1 fully saturated rings. The first-order chi connectivity index (χ1) is 14.2. The molecule has 0 aliphatic carbocycles. The van der Waals surface area contributed by atoms with Crippen LogP contribution in [-0.2, 0) is 16.1 Å². The van der Waals surface area contributed by atoms with Crippen molar-refractivity contribution in [3.05, 3.63) is 57.9 Å².